The fourth-order valence-electron chi connectivity index (χ4n) is 2.24. The van der Waals surface area contributed by atoms with Crippen LogP contribution in [0.2, 0.25) is 0 Å². The van der Waals surface area contributed by atoms with E-state index in [-0.39, 0.29) is 6.04 Å². The molecule has 0 saturated carbocycles. The number of hydrogen-bond acceptors (Lipinski definition) is 5. The second-order valence-electron chi connectivity index (χ2n) is 4.45. The van der Waals surface area contributed by atoms with Crippen molar-refractivity contribution in [3.05, 3.63) is 33.6 Å². The number of fused-ring (bicyclic) bond motifs is 1. The van der Waals surface area contributed by atoms with E-state index >= 15 is 0 Å². The molecule has 2 aromatic heterocycles. The lowest BCUT2D eigenvalue weighted by atomic mass is 10.1. The van der Waals surface area contributed by atoms with E-state index in [0.29, 0.717) is 5.82 Å². The Balaban J connectivity index is 1.78. The van der Waals surface area contributed by atoms with Gasteiger partial charge in [-0.3, -0.25) is 4.90 Å². The summed E-state index contributed by atoms with van der Waals surface area (Å²) < 4.78 is 5.25. The monoisotopic (exact) mass is 249 g/mol. The predicted octanol–water partition coefficient (Wildman–Crippen LogP) is 2.56. The highest BCUT2D eigenvalue weighted by Crippen LogP contribution is 2.29. The highest BCUT2D eigenvalue weighted by atomic mass is 32.1. The Morgan fingerprint density at radius 1 is 1.53 bits per heavy atom. The molecule has 0 spiro atoms. The molecular formula is C12H15N3OS. The molecule has 0 fully saturated rings. The summed E-state index contributed by atoms with van der Waals surface area (Å²) in [6.45, 7) is 6.04. The van der Waals surface area contributed by atoms with Crippen LogP contribution in [0.25, 0.3) is 0 Å². The van der Waals surface area contributed by atoms with E-state index in [1.54, 1.807) is 0 Å². The molecule has 90 valence electrons. The Bertz CT molecular complexity index is 519. The van der Waals surface area contributed by atoms with Gasteiger partial charge in [0.15, 0.2) is 5.82 Å². The molecule has 3 heterocycles. The maximum atomic E-state index is 5.25. The molecule has 1 aliphatic heterocycles. The third-order valence-electron chi connectivity index (χ3n) is 3.29. The first-order valence-electron chi connectivity index (χ1n) is 5.83. The summed E-state index contributed by atoms with van der Waals surface area (Å²) in [6.07, 6.45) is 1.13. The first-order chi connectivity index (χ1) is 8.24. The zero-order valence-corrected chi connectivity index (χ0v) is 10.8. The van der Waals surface area contributed by atoms with Crippen molar-refractivity contribution in [1.29, 1.82) is 0 Å². The van der Waals surface area contributed by atoms with Crippen molar-refractivity contribution >= 4 is 11.3 Å². The first kappa shape index (κ1) is 10.9. The van der Waals surface area contributed by atoms with Crippen LogP contribution in [0, 0.1) is 6.92 Å². The molecule has 2 aromatic rings. The number of thiophene rings is 1. The van der Waals surface area contributed by atoms with E-state index in [1.807, 2.05) is 18.3 Å². The van der Waals surface area contributed by atoms with Gasteiger partial charge in [0.25, 0.3) is 0 Å². The van der Waals surface area contributed by atoms with Gasteiger partial charge in [-0.15, -0.1) is 11.3 Å². The van der Waals surface area contributed by atoms with Crippen LogP contribution in [0.4, 0.5) is 0 Å². The lowest BCUT2D eigenvalue weighted by molar-refractivity contribution is 0.159. The van der Waals surface area contributed by atoms with Gasteiger partial charge in [0, 0.05) is 18.0 Å². The molecule has 17 heavy (non-hydrogen) atoms. The van der Waals surface area contributed by atoms with Gasteiger partial charge in [0.1, 0.15) is 0 Å². The lowest BCUT2D eigenvalue weighted by Gasteiger charge is -2.30. The number of rotatable bonds is 2. The third-order valence-corrected chi connectivity index (χ3v) is 4.31. The molecular weight excluding hydrogens is 234 g/mol. The van der Waals surface area contributed by atoms with E-state index in [1.165, 1.54) is 10.4 Å². The number of nitrogens with zero attached hydrogens (tertiary/aromatic N) is 3. The minimum atomic E-state index is 0.198. The zero-order valence-electron chi connectivity index (χ0n) is 10.0. The van der Waals surface area contributed by atoms with Gasteiger partial charge in [-0.25, -0.2) is 0 Å². The summed E-state index contributed by atoms with van der Waals surface area (Å²) >= 11 is 1.86. The van der Waals surface area contributed by atoms with Crippen molar-refractivity contribution in [3.63, 3.8) is 0 Å². The topological polar surface area (TPSA) is 42.2 Å². The minimum Gasteiger partial charge on any atom is -0.338 e. The molecule has 0 radical (unpaired) electrons. The van der Waals surface area contributed by atoms with Crippen LogP contribution >= 0.6 is 11.3 Å². The van der Waals surface area contributed by atoms with Gasteiger partial charge in [-0.1, -0.05) is 5.16 Å². The molecule has 5 heteroatoms. The van der Waals surface area contributed by atoms with Crippen molar-refractivity contribution < 1.29 is 4.52 Å². The predicted molar refractivity (Wildman–Crippen MR) is 65.9 cm³/mol. The average Bonchev–Trinajstić information content (AvgIpc) is 2.95. The highest BCUT2D eigenvalue weighted by molar-refractivity contribution is 7.10. The summed E-state index contributed by atoms with van der Waals surface area (Å²) in [5.74, 6) is 1.43. The summed E-state index contributed by atoms with van der Waals surface area (Å²) in [7, 11) is 0. The number of aromatic nitrogens is 2. The Hall–Kier alpha value is -1.20. The molecule has 3 rings (SSSR count). The van der Waals surface area contributed by atoms with E-state index in [9.17, 15) is 0 Å². The maximum Gasteiger partial charge on any atom is 0.243 e. The van der Waals surface area contributed by atoms with E-state index in [2.05, 4.69) is 33.4 Å². The van der Waals surface area contributed by atoms with E-state index in [0.717, 1.165) is 25.4 Å². The SMILES string of the molecule is Cc1noc([C@H](C)N2CCc3sccc3C2)n1. The molecule has 0 aliphatic carbocycles. The summed E-state index contributed by atoms with van der Waals surface area (Å²) in [5.41, 5.74) is 1.45. The normalized spacial score (nSPS) is 18.0. The van der Waals surface area contributed by atoms with Crippen molar-refractivity contribution in [1.82, 2.24) is 15.0 Å². The second kappa shape index (κ2) is 4.23. The molecule has 1 atom stereocenters. The Kier molecular flexibility index (Phi) is 2.72. The van der Waals surface area contributed by atoms with Gasteiger partial charge in [-0.2, -0.15) is 4.98 Å². The fraction of sp³-hybridized carbons (Fsp3) is 0.500. The standard InChI is InChI=1S/C12H15N3OS/c1-8(12-13-9(2)14-16-12)15-5-3-11-10(7-15)4-6-17-11/h4,6,8H,3,5,7H2,1-2H3/t8-/m0/s1. The minimum absolute atomic E-state index is 0.198. The van der Waals surface area contributed by atoms with Gasteiger partial charge < -0.3 is 4.52 Å². The van der Waals surface area contributed by atoms with Crippen LogP contribution in [0.5, 0.6) is 0 Å². The van der Waals surface area contributed by atoms with Gasteiger partial charge in [-0.05, 0) is 37.3 Å². The molecule has 0 saturated heterocycles. The van der Waals surface area contributed by atoms with Crippen LogP contribution < -0.4 is 0 Å². The van der Waals surface area contributed by atoms with E-state index in [4.69, 9.17) is 4.52 Å². The van der Waals surface area contributed by atoms with Crippen LogP contribution in [0.1, 0.15) is 35.1 Å². The number of aryl methyl sites for hydroxylation is 1. The molecule has 0 amide bonds. The molecule has 0 N–H and O–H groups in total. The van der Waals surface area contributed by atoms with Crippen LogP contribution in [-0.2, 0) is 13.0 Å². The molecule has 0 unspecified atom stereocenters. The first-order valence-corrected chi connectivity index (χ1v) is 6.71. The second-order valence-corrected chi connectivity index (χ2v) is 5.45. The quantitative estimate of drug-likeness (QED) is 0.820. The zero-order chi connectivity index (χ0) is 11.8. The number of hydrogen-bond donors (Lipinski definition) is 0. The Labute approximate surface area is 104 Å². The van der Waals surface area contributed by atoms with Crippen LogP contribution in [-0.4, -0.2) is 21.6 Å². The van der Waals surface area contributed by atoms with Crippen LogP contribution in [0.15, 0.2) is 16.0 Å². The molecule has 4 nitrogen and oxygen atoms in total. The smallest absolute Gasteiger partial charge is 0.243 e. The van der Waals surface area contributed by atoms with Gasteiger partial charge >= 0.3 is 0 Å². The summed E-state index contributed by atoms with van der Waals surface area (Å²) in [4.78, 5) is 8.23. The molecule has 0 aromatic carbocycles. The Morgan fingerprint density at radius 2 is 2.41 bits per heavy atom. The van der Waals surface area contributed by atoms with Gasteiger partial charge in [0.05, 0.1) is 6.04 Å². The average molecular weight is 249 g/mol. The molecule has 1 aliphatic rings. The van der Waals surface area contributed by atoms with Gasteiger partial charge in [0.2, 0.25) is 5.89 Å². The largest absolute Gasteiger partial charge is 0.338 e. The van der Waals surface area contributed by atoms with Crippen molar-refractivity contribution in [3.8, 4) is 0 Å². The van der Waals surface area contributed by atoms with Crippen molar-refractivity contribution in [2.24, 2.45) is 0 Å². The van der Waals surface area contributed by atoms with Crippen molar-refractivity contribution in [2.75, 3.05) is 6.54 Å². The summed E-state index contributed by atoms with van der Waals surface area (Å²) in [6, 6.07) is 2.42. The summed E-state index contributed by atoms with van der Waals surface area (Å²) in [5, 5.41) is 6.03. The maximum absolute atomic E-state index is 5.25. The highest BCUT2D eigenvalue weighted by Gasteiger charge is 2.25. The molecule has 0 bridgehead atoms. The lowest BCUT2D eigenvalue weighted by Crippen LogP contribution is -2.32. The van der Waals surface area contributed by atoms with Crippen molar-refractivity contribution in [2.45, 2.75) is 32.9 Å². The third kappa shape index (κ3) is 2.00. The van der Waals surface area contributed by atoms with E-state index < -0.39 is 0 Å². The fourth-order valence-corrected chi connectivity index (χ4v) is 3.13. The Morgan fingerprint density at radius 3 is 3.18 bits per heavy atom. The van der Waals surface area contributed by atoms with Crippen LogP contribution in [0.3, 0.4) is 0 Å².